The molecule has 0 radical (unpaired) electrons. The van der Waals surface area contributed by atoms with E-state index in [0.29, 0.717) is 0 Å². The SMILES string of the molecule is CCC(N)N1c2ccccc2Oc2ccccc21. The highest BCUT2D eigenvalue weighted by molar-refractivity contribution is 5.78. The van der Waals surface area contributed by atoms with Gasteiger partial charge in [-0.1, -0.05) is 31.2 Å². The highest BCUT2D eigenvalue weighted by Crippen LogP contribution is 2.46. The molecule has 0 amide bonds. The van der Waals surface area contributed by atoms with E-state index in [1.165, 1.54) is 0 Å². The van der Waals surface area contributed by atoms with Crippen molar-refractivity contribution in [2.45, 2.75) is 19.5 Å². The Bertz CT molecular complexity index is 522. The van der Waals surface area contributed by atoms with Crippen LogP contribution in [0.25, 0.3) is 0 Å². The van der Waals surface area contributed by atoms with Crippen molar-refractivity contribution in [3.05, 3.63) is 48.5 Å². The third kappa shape index (κ3) is 1.64. The van der Waals surface area contributed by atoms with Crippen molar-refractivity contribution in [3.63, 3.8) is 0 Å². The molecular weight excluding hydrogens is 224 g/mol. The average molecular weight is 240 g/mol. The van der Waals surface area contributed by atoms with E-state index in [2.05, 4.69) is 11.8 Å². The monoisotopic (exact) mass is 240 g/mol. The fourth-order valence-electron chi connectivity index (χ4n) is 2.27. The molecule has 1 heterocycles. The standard InChI is InChI=1S/C15H16N2O/c1-2-15(16)17-11-7-3-5-9-13(11)18-14-10-6-4-8-12(14)17/h3-10,15H,2,16H2,1H3. The zero-order valence-electron chi connectivity index (χ0n) is 10.3. The van der Waals surface area contributed by atoms with Gasteiger partial charge in [-0.05, 0) is 30.7 Å². The number of hydrogen-bond acceptors (Lipinski definition) is 3. The van der Waals surface area contributed by atoms with Crippen molar-refractivity contribution in [2.24, 2.45) is 5.73 Å². The second-order valence-corrected chi connectivity index (χ2v) is 4.38. The molecule has 1 aliphatic heterocycles. The van der Waals surface area contributed by atoms with Crippen LogP contribution in [0, 0.1) is 0 Å². The second-order valence-electron chi connectivity index (χ2n) is 4.38. The maximum absolute atomic E-state index is 6.25. The van der Waals surface area contributed by atoms with Gasteiger partial charge in [0.25, 0.3) is 0 Å². The summed E-state index contributed by atoms with van der Waals surface area (Å²) in [5.74, 6) is 1.72. The predicted molar refractivity (Wildman–Crippen MR) is 73.4 cm³/mol. The Morgan fingerprint density at radius 1 is 1.00 bits per heavy atom. The van der Waals surface area contributed by atoms with Gasteiger partial charge in [0.2, 0.25) is 0 Å². The van der Waals surface area contributed by atoms with Gasteiger partial charge in [-0.2, -0.15) is 0 Å². The molecule has 3 heteroatoms. The molecular formula is C15H16N2O. The number of ether oxygens (including phenoxy) is 1. The third-order valence-electron chi connectivity index (χ3n) is 3.22. The molecule has 0 saturated carbocycles. The van der Waals surface area contributed by atoms with Crippen molar-refractivity contribution in [1.82, 2.24) is 0 Å². The molecule has 0 fully saturated rings. The Balaban J connectivity index is 2.17. The van der Waals surface area contributed by atoms with E-state index in [4.69, 9.17) is 10.5 Å². The minimum Gasteiger partial charge on any atom is -0.453 e. The third-order valence-corrected chi connectivity index (χ3v) is 3.22. The molecule has 92 valence electrons. The first-order valence-electron chi connectivity index (χ1n) is 6.22. The molecule has 1 unspecified atom stereocenters. The smallest absolute Gasteiger partial charge is 0.151 e. The quantitative estimate of drug-likeness (QED) is 0.871. The lowest BCUT2D eigenvalue weighted by molar-refractivity contribution is 0.465. The lowest BCUT2D eigenvalue weighted by Crippen LogP contribution is -2.39. The van der Waals surface area contributed by atoms with Gasteiger partial charge in [0, 0.05) is 0 Å². The summed E-state index contributed by atoms with van der Waals surface area (Å²) in [6.07, 6.45) is 0.832. The summed E-state index contributed by atoms with van der Waals surface area (Å²) >= 11 is 0. The van der Waals surface area contributed by atoms with E-state index >= 15 is 0 Å². The van der Waals surface area contributed by atoms with Gasteiger partial charge >= 0.3 is 0 Å². The summed E-state index contributed by atoms with van der Waals surface area (Å²) in [4.78, 5) is 2.15. The van der Waals surface area contributed by atoms with Crippen LogP contribution in [0.5, 0.6) is 11.5 Å². The van der Waals surface area contributed by atoms with Crippen LogP contribution in [0.1, 0.15) is 13.3 Å². The zero-order chi connectivity index (χ0) is 12.5. The van der Waals surface area contributed by atoms with Gasteiger partial charge < -0.3 is 15.4 Å². The maximum atomic E-state index is 6.25. The molecule has 0 aliphatic carbocycles. The first-order valence-corrected chi connectivity index (χ1v) is 6.22. The van der Waals surface area contributed by atoms with Crippen molar-refractivity contribution >= 4 is 11.4 Å². The largest absolute Gasteiger partial charge is 0.453 e. The van der Waals surface area contributed by atoms with Crippen LogP contribution in [-0.2, 0) is 0 Å². The predicted octanol–water partition coefficient (Wildman–Crippen LogP) is 3.63. The molecule has 0 spiro atoms. The highest BCUT2D eigenvalue weighted by atomic mass is 16.5. The van der Waals surface area contributed by atoms with E-state index in [1.54, 1.807) is 0 Å². The maximum Gasteiger partial charge on any atom is 0.151 e. The van der Waals surface area contributed by atoms with Crippen LogP contribution >= 0.6 is 0 Å². The van der Waals surface area contributed by atoms with E-state index < -0.39 is 0 Å². The minimum absolute atomic E-state index is 0.0452. The molecule has 18 heavy (non-hydrogen) atoms. The molecule has 1 atom stereocenters. The molecule has 0 saturated heterocycles. The zero-order valence-corrected chi connectivity index (χ0v) is 10.3. The Labute approximate surface area is 107 Å². The van der Waals surface area contributed by atoms with Gasteiger partial charge in [0.15, 0.2) is 11.5 Å². The number of para-hydroxylation sites is 4. The van der Waals surface area contributed by atoms with Gasteiger partial charge in [-0.3, -0.25) is 0 Å². The Morgan fingerprint density at radius 3 is 2.00 bits per heavy atom. The van der Waals surface area contributed by atoms with Gasteiger partial charge in [0.05, 0.1) is 17.5 Å². The summed E-state index contributed by atoms with van der Waals surface area (Å²) in [5.41, 5.74) is 8.31. The van der Waals surface area contributed by atoms with Crippen LogP contribution in [0.2, 0.25) is 0 Å². The Hall–Kier alpha value is -2.00. The molecule has 1 aliphatic rings. The summed E-state index contributed by atoms with van der Waals surface area (Å²) < 4.78 is 5.91. The van der Waals surface area contributed by atoms with E-state index in [0.717, 1.165) is 29.3 Å². The first-order chi connectivity index (χ1) is 8.81. The number of benzene rings is 2. The fourth-order valence-corrected chi connectivity index (χ4v) is 2.27. The Morgan fingerprint density at radius 2 is 1.50 bits per heavy atom. The molecule has 3 rings (SSSR count). The van der Waals surface area contributed by atoms with Gasteiger partial charge in [-0.25, -0.2) is 0 Å². The second kappa shape index (κ2) is 4.35. The van der Waals surface area contributed by atoms with Crippen molar-refractivity contribution in [2.75, 3.05) is 4.90 Å². The van der Waals surface area contributed by atoms with E-state index in [1.807, 2.05) is 48.5 Å². The molecule has 2 N–H and O–H groups in total. The lowest BCUT2D eigenvalue weighted by Gasteiger charge is -2.36. The summed E-state index contributed by atoms with van der Waals surface area (Å²) in [6.45, 7) is 2.09. The van der Waals surface area contributed by atoms with Crippen LogP contribution in [-0.4, -0.2) is 6.17 Å². The number of rotatable bonds is 2. The van der Waals surface area contributed by atoms with Crippen molar-refractivity contribution < 1.29 is 4.74 Å². The summed E-state index contributed by atoms with van der Waals surface area (Å²) in [6, 6.07) is 16.0. The number of fused-ring (bicyclic) bond motifs is 2. The van der Waals surface area contributed by atoms with Crippen LogP contribution in [0.4, 0.5) is 11.4 Å². The highest BCUT2D eigenvalue weighted by Gasteiger charge is 2.26. The fraction of sp³-hybridized carbons (Fsp3) is 0.200. The molecule has 0 aromatic heterocycles. The minimum atomic E-state index is -0.0452. The van der Waals surface area contributed by atoms with Crippen molar-refractivity contribution in [1.29, 1.82) is 0 Å². The average Bonchev–Trinajstić information content (AvgIpc) is 2.44. The Kier molecular flexibility index (Phi) is 2.68. The molecule has 2 aromatic carbocycles. The normalized spacial score (nSPS) is 14.4. The van der Waals surface area contributed by atoms with E-state index in [9.17, 15) is 0 Å². The van der Waals surface area contributed by atoms with Crippen LogP contribution in [0.15, 0.2) is 48.5 Å². The van der Waals surface area contributed by atoms with Gasteiger partial charge in [-0.15, -0.1) is 0 Å². The summed E-state index contributed by atoms with van der Waals surface area (Å²) in [7, 11) is 0. The molecule has 0 bridgehead atoms. The number of hydrogen-bond donors (Lipinski definition) is 1. The number of anilines is 2. The van der Waals surface area contributed by atoms with Crippen molar-refractivity contribution in [3.8, 4) is 11.5 Å². The topological polar surface area (TPSA) is 38.5 Å². The molecule has 2 aromatic rings. The first kappa shape index (κ1) is 11.1. The molecule has 3 nitrogen and oxygen atoms in total. The lowest BCUT2D eigenvalue weighted by atomic mass is 10.1. The number of nitrogens with zero attached hydrogens (tertiary/aromatic N) is 1. The van der Waals surface area contributed by atoms with Gasteiger partial charge in [0.1, 0.15) is 0 Å². The van der Waals surface area contributed by atoms with E-state index in [-0.39, 0.29) is 6.17 Å². The van der Waals surface area contributed by atoms with Crippen LogP contribution in [0.3, 0.4) is 0 Å². The van der Waals surface area contributed by atoms with Crippen LogP contribution < -0.4 is 15.4 Å². The number of nitrogens with two attached hydrogens (primary N) is 1. The summed E-state index contributed by atoms with van der Waals surface area (Å²) in [5, 5.41) is 0.